The Morgan fingerprint density at radius 2 is 1.47 bits per heavy atom. The van der Waals surface area contributed by atoms with Crippen molar-refractivity contribution in [3.8, 4) is 5.75 Å². The van der Waals surface area contributed by atoms with Gasteiger partial charge in [-0.1, -0.05) is 78.9 Å². The fourth-order valence-corrected chi connectivity index (χ4v) is 6.32. The van der Waals surface area contributed by atoms with Crippen molar-refractivity contribution in [2.24, 2.45) is 5.73 Å². The molecule has 57 heavy (non-hydrogen) atoms. The van der Waals surface area contributed by atoms with Crippen LogP contribution in [0.1, 0.15) is 68.0 Å². The molecule has 0 aliphatic heterocycles. The zero-order chi connectivity index (χ0) is 41.5. The summed E-state index contributed by atoms with van der Waals surface area (Å²) in [5.74, 6) is -1.40. The maximum Gasteiger partial charge on any atom is 0.316 e. The van der Waals surface area contributed by atoms with Crippen molar-refractivity contribution >= 4 is 46.2 Å². The lowest BCUT2D eigenvalue weighted by Gasteiger charge is -2.29. The van der Waals surface area contributed by atoms with Crippen LogP contribution in [0.5, 0.6) is 5.75 Å². The first-order chi connectivity index (χ1) is 26.9. The Labute approximate surface area is 332 Å². The van der Waals surface area contributed by atoms with Gasteiger partial charge in [-0.2, -0.15) is 0 Å². The molecule has 1 unspecified atom stereocenters. The van der Waals surface area contributed by atoms with E-state index in [1.165, 1.54) is 16.7 Å². The number of carbonyl (C=O) groups excluding carboxylic acids is 4. The van der Waals surface area contributed by atoms with E-state index < -0.39 is 34.4 Å². The maximum atomic E-state index is 14.3. The normalized spacial score (nSPS) is 12.3. The minimum Gasteiger partial charge on any atom is -0.497 e. The highest BCUT2D eigenvalue weighted by Gasteiger charge is 2.34. The summed E-state index contributed by atoms with van der Waals surface area (Å²) in [6.45, 7) is 10.8. The number of nitrogens with one attached hydrogen (secondary N) is 2. The molecule has 1 aromatic heterocycles. The van der Waals surface area contributed by atoms with E-state index in [0.29, 0.717) is 22.4 Å². The minimum absolute atomic E-state index is 0.0108. The number of carbonyl (C=O) groups is 4. The molecule has 0 bridgehead atoms. The third-order valence-corrected chi connectivity index (χ3v) is 9.62. The molecule has 0 radical (unpaired) electrons. The summed E-state index contributed by atoms with van der Waals surface area (Å²) in [7, 11) is 1.56. The summed E-state index contributed by atoms with van der Waals surface area (Å²) >= 11 is 0. The van der Waals surface area contributed by atoms with Crippen LogP contribution in [0.15, 0.2) is 108 Å². The first-order valence-corrected chi connectivity index (χ1v) is 18.7. The van der Waals surface area contributed by atoms with Crippen LogP contribution in [-0.2, 0) is 48.7 Å². The van der Waals surface area contributed by atoms with Crippen LogP contribution in [-0.4, -0.2) is 47.0 Å². The lowest BCUT2D eigenvalue weighted by atomic mass is 9.84. The quantitative estimate of drug-likeness (QED) is 0.0872. The van der Waals surface area contributed by atoms with Crippen LogP contribution < -0.4 is 26.7 Å². The van der Waals surface area contributed by atoms with Crippen LogP contribution in [0.4, 0.5) is 5.69 Å². The second kappa shape index (κ2) is 17.5. The molecule has 5 aromatic rings. The van der Waals surface area contributed by atoms with Crippen molar-refractivity contribution in [1.82, 2.24) is 9.88 Å². The fourth-order valence-electron chi connectivity index (χ4n) is 6.32. The molecule has 1 heterocycles. The van der Waals surface area contributed by atoms with Crippen molar-refractivity contribution in [1.29, 1.82) is 0 Å². The number of methoxy groups -OCH3 is 1. The van der Waals surface area contributed by atoms with E-state index in [1.807, 2.05) is 87.5 Å². The smallest absolute Gasteiger partial charge is 0.316 e. The topological polar surface area (TPSA) is 159 Å². The molecule has 296 valence electrons. The first-order valence-electron chi connectivity index (χ1n) is 18.7. The molecule has 11 heteroatoms. The van der Waals surface area contributed by atoms with Crippen LogP contribution >= 0.6 is 0 Å². The monoisotopic (exact) mass is 770 g/mol. The Morgan fingerprint density at radius 3 is 2.11 bits per heavy atom. The Balaban J connectivity index is 1.47. The summed E-state index contributed by atoms with van der Waals surface area (Å²) in [6, 6.07) is 26.9. The molecule has 4 aromatic carbocycles. The average molecular weight is 771 g/mol. The van der Waals surface area contributed by atoms with Gasteiger partial charge in [0.15, 0.2) is 0 Å². The van der Waals surface area contributed by atoms with Gasteiger partial charge in [-0.05, 0) is 104 Å². The zero-order valence-electron chi connectivity index (χ0n) is 33.5. The van der Waals surface area contributed by atoms with Gasteiger partial charge in [-0.25, -0.2) is 0 Å². The molecule has 1 atom stereocenters. The molecule has 0 fully saturated rings. The predicted octanol–water partition coefficient (Wildman–Crippen LogP) is 6.39. The van der Waals surface area contributed by atoms with E-state index in [9.17, 15) is 24.0 Å². The molecule has 0 saturated carbocycles. The average Bonchev–Trinajstić information content (AvgIpc) is 3.16. The first kappa shape index (κ1) is 41.7. The second-order valence-corrected chi connectivity index (χ2v) is 15.6. The van der Waals surface area contributed by atoms with Gasteiger partial charge in [0.1, 0.15) is 23.1 Å². The Hall–Kier alpha value is -6.49. The lowest BCUT2D eigenvalue weighted by Crippen LogP contribution is -2.46. The van der Waals surface area contributed by atoms with Gasteiger partial charge in [0.05, 0.1) is 25.5 Å². The molecule has 3 amide bonds. The Morgan fingerprint density at radius 1 is 0.842 bits per heavy atom. The number of nitrogens with two attached hydrogens (primary N) is 1. The highest BCUT2D eigenvalue weighted by atomic mass is 16.6. The molecular weight excluding hydrogens is 721 g/mol. The minimum atomic E-state index is -1.11. The molecule has 0 saturated heterocycles. The number of benzene rings is 4. The Kier molecular flexibility index (Phi) is 12.8. The third-order valence-electron chi connectivity index (χ3n) is 9.62. The predicted molar refractivity (Wildman–Crippen MR) is 223 cm³/mol. The molecule has 0 aliphatic carbocycles. The van der Waals surface area contributed by atoms with Gasteiger partial charge in [-0.15, -0.1) is 0 Å². The van der Waals surface area contributed by atoms with E-state index in [2.05, 4.69) is 10.6 Å². The van der Waals surface area contributed by atoms with Crippen molar-refractivity contribution in [3.63, 3.8) is 0 Å². The number of rotatable bonds is 14. The number of hydrogen-bond donors (Lipinski definition) is 3. The van der Waals surface area contributed by atoms with Gasteiger partial charge < -0.3 is 30.4 Å². The summed E-state index contributed by atoms with van der Waals surface area (Å²) < 4.78 is 12.4. The number of ether oxygens (including phenoxy) is 2. The standard InChI is InChI=1S/C46H50N4O7/c1-29-35(18-23-39(47)51)28-50(27-31-15-21-37(56-7)22-16-31)43(54)41(29)49-42(53)38(48-40(52)26-32-12-17-33-10-8-9-11-34(33)24-32)25-30-13-19-36(20-14-30)46(5,6)44(55)57-45(2,3)4/h8-24,28,38H,25-27H2,1-7H3,(H2,47,51)(H,48,52)(H,49,53)/b23-18+. The van der Waals surface area contributed by atoms with Gasteiger partial charge in [0, 0.05) is 18.7 Å². The summed E-state index contributed by atoms with van der Waals surface area (Å²) in [4.78, 5) is 66.8. The Bertz CT molecular complexity index is 2370. The number of pyridine rings is 1. The summed E-state index contributed by atoms with van der Waals surface area (Å²) in [5, 5.41) is 7.75. The molecule has 5 rings (SSSR count). The number of fused-ring (bicyclic) bond motifs is 1. The van der Waals surface area contributed by atoms with E-state index in [1.54, 1.807) is 58.3 Å². The number of anilines is 1. The molecule has 11 nitrogen and oxygen atoms in total. The maximum absolute atomic E-state index is 14.3. The molecule has 0 aliphatic rings. The third kappa shape index (κ3) is 10.8. The second-order valence-electron chi connectivity index (χ2n) is 15.6. The highest BCUT2D eigenvalue weighted by Crippen LogP contribution is 2.28. The van der Waals surface area contributed by atoms with E-state index in [-0.39, 0.29) is 37.0 Å². The summed E-state index contributed by atoms with van der Waals surface area (Å²) in [5.41, 5.74) is 7.18. The summed E-state index contributed by atoms with van der Waals surface area (Å²) in [6.07, 6.45) is 4.35. The fraction of sp³-hybridized carbons (Fsp3) is 0.283. The SMILES string of the molecule is COc1ccc(Cn2cc(/C=C/C(N)=O)c(C)c(NC(=O)C(Cc3ccc(C(C)(C)C(=O)OC(C)(C)C)cc3)NC(=O)Cc3ccc4ccccc4c3)c2=O)cc1. The number of nitrogens with zero attached hydrogens (tertiary/aromatic N) is 1. The number of esters is 1. The van der Waals surface area contributed by atoms with E-state index >= 15 is 0 Å². The van der Waals surface area contributed by atoms with E-state index in [0.717, 1.165) is 27.5 Å². The number of amides is 3. The number of aromatic nitrogens is 1. The number of primary amides is 1. The van der Waals surface area contributed by atoms with Crippen molar-refractivity contribution in [2.75, 3.05) is 12.4 Å². The molecule has 4 N–H and O–H groups in total. The van der Waals surface area contributed by atoms with Crippen LogP contribution in [0.25, 0.3) is 16.8 Å². The van der Waals surface area contributed by atoms with Gasteiger partial charge in [-0.3, -0.25) is 24.0 Å². The molecule has 0 spiro atoms. The number of hydrogen-bond acceptors (Lipinski definition) is 7. The van der Waals surface area contributed by atoms with Gasteiger partial charge in [0.2, 0.25) is 17.7 Å². The molecular formula is C46H50N4O7. The van der Waals surface area contributed by atoms with Crippen LogP contribution in [0.2, 0.25) is 0 Å². The van der Waals surface area contributed by atoms with Crippen molar-refractivity contribution < 1.29 is 28.7 Å². The largest absolute Gasteiger partial charge is 0.497 e. The van der Waals surface area contributed by atoms with E-state index in [4.69, 9.17) is 15.2 Å². The van der Waals surface area contributed by atoms with Crippen molar-refractivity contribution in [3.05, 3.63) is 147 Å². The highest BCUT2D eigenvalue weighted by molar-refractivity contribution is 5.99. The van der Waals surface area contributed by atoms with Gasteiger partial charge in [0.25, 0.3) is 5.56 Å². The van der Waals surface area contributed by atoms with Crippen LogP contribution in [0.3, 0.4) is 0 Å². The zero-order valence-corrected chi connectivity index (χ0v) is 33.5. The van der Waals surface area contributed by atoms with Crippen LogP contribution in [0, 0.1) is 6.92 Å². The van der Waals surface area contributed by atoms with Gasteiger partial charge >= 0.3 is 5.97 Å². The lowest BCUT2D eigenvalue weighted by molar-refractivity contribution is -0.160. The van der Waals surface area contributed by atoms with Crippen molar-refractivity contribution in [2.45, 2.75) is 78.0 Å².